The number of H-pyrrole nitrogens is 1. The fourth-order valence-electron chi connectivity index (χ4n) is 2.85. The summed E-state index contributed by atoms with van der Waals surface area (Å²) in [7, 11) is 0. The van der Waals surface area contributed by atoms with Crippen molar-refractivity contribution in [2.75, 3.05) is 13.1 Å². The Hall–Kier alpha value is -1.88. The lowest BCUT2D eigenvalue weighted by atomic mass is 9.92. The number of hydrogen-bond acceptors (Lipinski definition) is 3. The number of aromatic amines is 1. The molecule has 1 saturated heterocycles. The van der Waals surface area contributed by atoms with E-state index in [9.17, 15) is 9.59 Å². The summed E-state index contributed by atoms with van der Waals surface area (Å²) in [6, 6.07) is 4.50. The third-order valence-electron chi connectivity index (χ3n) is 4.03. The maximum atomic E-state index is 12.0. The number of fused-ring (bicyclic) bond motifs is 1. The number of pyridine rings is 1. The molecular weight excluding hydrogens is 254 g/mol. The van der Waals surface area contributed by atoms with Gasteiger partial charge in [0, 0.05) is 30.1 Å². The van der Waals surface area contributed by atoms with Gasteiger partial charge in [-0.2, -0.15) is 0 Å². The van der Waals surface area contributed by atoms with E-state index in [2.05, 4.69) is 10.3 Å². The van der Waals surface area contributed by atoms with Gasteiger partial charge in [-0.25, -0.2) is 0 Å². The third kappa shape index (κ3) is 2.82. The molecule has 2 N–H and O–H groups in total. The van der Waals surface area contributed by atoms with Gasteiger partial charge in [0.25, 0.3) is 5.56 Å². The molecular formula is C15H19N3O2. The Labute approximate surface area is 116 Å². The third-order valence-corrected chi connectivity index (χ3v) is 4.03. The van der Waals surface area contributed by atoms with Crippen molar-refractivity contribution in [2.45, 2.75) is 25.7 Å². The van der Waals surface area contributed by atoms with Crippen molar-refractivity contribution in [3.63, 3.8) is 0 Å². The van der Waals surface area contributed by atoms with Crippen molar-refractivity contribution < 1.29 is 0 Å². The molecule has 0 saturated carbocycles. The van der Waals surface area contributed by atoms with Gasteiger partial charge in [0.1, 0.15) is 5.65 Å². The SMILES string of the molecule is O=c1ccn2c(=O)cc(CCC3CCNCC3)[nH]c2c1. The zero-order chi connectivity index (χ0) is 13.9. The zero-order valence-corrected chi connectivity index (χ0v) is 11.4. The van der Waals surface area contributed by atoms with Crippen LogP contribution in [0.25, 0.3) is 5.65 Å². The standard InChI is InChI=1S/C15H19N3O2/c19-13-5-8-18-14(10-13)17-12(9-15(18)20)2-1-11-3-6-16-7-4-11/h5,8-11,16-17H,1-4,6-7H2. The second-order valence-electron chi connectivity index (χ2n) is 5.48. The quantitative estimate of drug-likeness (QED) is 0.874. The van der Waals surface area contributed by atoms with Crippen molar-refractivity contribution in [1.29, 1.82) is 0 Å². The molecule has 0 atom stereocenters. The first-order valence-corrected chi connectivity index (χ1v) is 7.18. The number of rotatable bonds is 3. The smallest absolute Gasteiger partial charge is 0.257 e. The van der Waals surface area contributed by atoms with Gasteiger partial charge < -0.3 is 10.3 Å². The summed E-state index contributed by atoms with van der Waals surface area (Å²) in [6.07, 6.45) is 5.88. The van der Waals surface area contributed by atoms with Crippen molar-refractivity contribution >= 4 is 5.65 Å². The highest BCUT2D eigenvalue weighted by molar-refractivity contribution is 5.38. The van der Waals surface area contributed by atoms with Gasteiger partial charge in [-0.05, 0) is 44.7 Å². The molecule has 1 aliphatic rings. The molecule has 1 fully saturated rings. The molecule has 0 unspecified atom stereocenters. The van der Waals surface area contributed by atoms with Crippen molar-refractivity contribution in [2.24, 2.45) is 5.92 Å². The van der Waals surface area contributed by atoms with E-state index in [1.165, 1.54) is 35.6 Å². The molecule has 2 aromatic heterocycles. The lowest BCUT2D eigenvalue weighted by Gasteiger charge is -2.22. The van der Waals surface area contributed by atoms with E-state index in [0.717, 1.165) is 37.5 Å². The van der Waals surface area contributed by atoms with Crippen LogP contribution in [0.15, 0.2) is 34.0 Å². The monoisotopic (exact) mass is 273 g/mol. The van der Waals surface area contributed by atoms with E-state index >= 15 is 0 Å². The average Bonchev–Trinajstić information content (AvgIpc) is 2.46. The van der Waals surface area contributed by atoms with Crippen LogP contribution in [-0.2, 0) is 6.42 Å². The van der Waals surface area contributed by atoms with Gasteiger partial charge in [-0.1, -0.05) is 0 Å². The first-order valence-electron chi connectivity index (χ1n) is 7.18. The van der Waals surface area contributed by atoms with Crippen molar-refractivity contribution in [3.8, 4) is 0 Å². The van der Waals surface area contributed by atoms with Gasteiger partial charge in [0.05, 0.1) is 0 Å². The zero-order valence-electron chi connectivity index (χ0n) is 11.4. The van der Waals surface area contributed by atoms with Gasteiger partial charge in [-0.15, -0.1) is 0 Å². The van der Waals surface area contributed by atoms with Crippen molar-refractivity contribution in [1.82, 2.24) is 14.7 Å². The minimum atomic E-state index is -0.0869. The summed E-state index contributed by atoms with van der Waals surface area (Å²) in [5.41, 5.74) is 1.32. The Balaban J connectivity index is 1.81. The first-order chi connectivity index (χ1) is 9.72. The number of aromatic nitrogens is 2. The van der Waals surface area contributed by atoms with Crippen molar-refractivity contribution in [3.05, 3.63) is 50.7 Å². The van der Waals surface area contributed by atoms with Crippen LogP contribution in [0.5, 0.6) is 0 Å². The molecule has 3 rings (SSSR count). The van der Waals surface area contributed by atoms with E-state index in [-0.39, 0.29) is 11.0 Å². The lowest BCUT2D eigenvalue weighted by molar-refractivity contribution is 0.353. The number of nitrogens with zero attached hydrogens (tertiary/aromatic N) is 1. The Morgan fingerprint density at radius 3 is 2.80 bits per heavy atom. The summed E-state index contributed by atoms with van der Waals surface area (Å²) >= 11 is 0. The Bertz CT molecular complexity index is 711. The van der Waals surface area contributed by atoms with E-state index < -0.39 is 0 Å². The predicted octanol–water partition coefficient (Wildman–Crippen LogP) is 0.920. The highest BCUT2D eigenvalue weighted by Crippen LogP contribution is 2.17. The largest absolute Gasteiger partial charge is 0.345 e. The number of aryl methyl sites for hydroxylation is 1. The Morgan fingerprint density at radius 1 is 1.20 bits per heavy atom. The number of piperidine rings is 1. The molecule has 1 aliphatic heterocycles. The van der Waals surface area contributed by atoms with Gasteiger partial charge in [0.2, 0.25) is 0 Å². The molecule has 5 heteroatoms. The fourth-order valence-corrected chi connectivity index (χ4v) is 2.85. The lowest BCUT2D eigenvalue weighted by Crippen LogP contribution is -2.28. The summed E-state index contributed by atoms with van der Waals surface area (Å²) in [4.78, 5) is 26.6. The van der Waals surface area contributed by atoms with E-state index in [0.29, 0.717) is 5.65 Å². The highest BCUT2D eigenvalue weighted by atomic mass is 16.1. The molecule has 5 nitrogen and oxygen atoms in total. The molecule has 0 bridgehead atoms. The van der Waals surface area contributed by atoms with Gasteiger partial charge in [-0.3, -0.25) is 14.0 Å². The summed E-state index contributed by atoms with van der Waals surface area (Å²) in [6.45, 7) is 2.18. The first kappa shape index (κ1) is 13.1. The number of nitrogens with one attached hydrogen (secondary N) is 2. The second-order valence-corrected chi connectivity index (χ2v) is 5.48. The molecule has 0 spiro atoms. The fraction of sp³-hybridized carbons (Fsp3) is 0.467. The van der Waals surface area contributed by atoms with Crippen LogP contribution >= 0.6 is 0 Å². The van der Waals surface area contributed by atoms with Crippen LogP contribution in [0.4, 0.5) is 0 Å². The second kappa shape index (κ2) is 5.63. The van der Waals surface area contributed by atoms with Crippen LogP contribution in [-0.4, -0.2) is 22.5 Å². The Kier molecular flexibility index (Phi) is 3.69. The van der Waals surface area contributed by atoms with Crippen LogP contribution in [0, 0.1) is 5.92 Å². The Morgan fingerprint density at radius 2 is 2.00 bits per heavy atom. The summed E-state index contributed by atoms with van der Waals surface area (Å²) in [5, 5.41) is 3.36. The van der Waals surface area contributed by atoms with Gasteiger partial charge in [0.15, 0.2) is 5.43 Å². The highest BCUT2D eigenvalue weighted by Gasteiger charge is 2.13. The van der Waals surface area contributed by atoms with Gasteiger partial charge >= 0.3 is 0 Å². The maximum Gasteiger partial charge on any atom is 0.257 e. The van der Waals surface area contributed by atoms with E-state index in [4.69, 9.17) is 0 Å². The molecule has 20 heavy (non-hydrogen) atoms. The normalized spacial score (nSPS) is 16.6. The molecule has 106 valence electrons. The van der Waals surface area contributed by atoms with E-state index in [1.807, 2.05) is 0 Å². The molecule has 0 aromatic carbocycles. The van der Waals surface area contributed by atoms with E-state index in [1.54, 1.807) is 6.07 Å². The maximum absolute atomic E-state index is 12.0. The minimum absolute atomic E-state index is 0.0842. The molecule has 0 amide bonds. The predicted molar refractivity (Wildman–Crippen MR) is 78.2 cm³/mol. The average molecular weight is 273 g/mol. The molecule has 0 aliphatic carbocycles. The minimum Gasteiger partial charge on any atom is -0.345 e. The number of hydrogen-bond donors (Lipinski definition) is 2. The topological polar surface area (TPSA) is 66.4 Å². The van der Waals surface area contributed by atoms with Crippen LogP contribution < -0.4 is 16.3 Å². The van der Waals surface area contributed by atoms with Crippen LogP contribution in [0.1, 0.15) is 25.0 Å². The summed E-state index contributed by atoms with van der Waals surface area (Å²) in [5.74, 6) is 0.731. The van der Waals surface area contributed by atoms with Crippen LogP contribution in [0.3, 0.4) is 0 Å². The molecule has 3 heterocycles. The molecule has 0 radical (unpaired) electrons. The van der Waals surface area contributed by atoms with Crippen LogP contribution in [0.2, 0.25) is 0 Å². The molecule has 2 aromatic rings. The summed E-state index contributed by atoms with van der Waals surface area (Å²) < 4.78 is 1.47.